The van der Waals surface area contributed by atoms with Crippen LogP contribution in [0.4, 0.5) is 0 Å². The van der Waals surface area contributed by atoms with Crippen molar-refractivity contribution >= 4 is 0 Å². The Kier molecular flexibility index (Phi) is 2.37. The summed E-state index contributed by atoms with van der Waals surface area (Å²) in [6, 6.07) is 0. The number of hydrogen-bond donors (Lipinski definition) is 1. The SMILES string of the molecule is CC1CCCC2CCOC(O)C12. The van der Waals surface area contributed by atoms with Gasteiger partial charge in [-0.15, -0.1) is 0 Å². The lowest BCUT2D eigenvalue weighted by Crippen LogP contribution is -2.42. The van der Waals surface area contributed by atoms with E-state index in [2.05, 4.69) is 6.92 Å². The molecule has 4 unspecified atom stereocenters. The summed E-state index contributed by atoms with van der Waals surface area (Å²) in [5.41, 5.74) is 0. The first-order valence-corrected chi connectivity index (χ1v) is 5.08. The van der Waals surface area contributed by atoms with Crippen molar-refractivity contribution in [2.75, 3.05) is 6.61 Å². The van der Waals surface area contributed by atoms with E-state index in [1.165, 1.54) is 19.3 Å². The molecule has 0 bridgehead atoms. The topological polar surface area (TPSA) is 29.5 Å². The van der Waals surface area contributed by atoms with Crippen molar-refractivity contribution in [3.05, 3.63) is 0 Å². The van der Waals surface area contributed by atoms with Crippen LogP contribution in [0.5, 0.6) is 0 Å². The first-order chi connectivity index (χ1) is 5.79. The van der Waals surface area contributed by atoms with Crippen LogP contribution in [0.2, 0.25) is 0 Å². The molecule has 2 heteroatoms. The molecule has 0 aromatic rings. The molecule has 2 rings (SSSR count). The van der Waals surface area contributed by atoms with Crippen molar-refractivity contribution in [1.82, 2.24) is 0 Å². The molecule has 2 aliphatic rings. The summed E-state index contributed by atoms with van der Waals surface area (Å²) in [6.45, 7) is 3.00. The molecule has 4 atom stereocenters. The fourth-order valence-electron chi connectivity index (χ4n) is 2.85. The standard InChI is InChI=1S/C10H18O2/c1-7-3-2-4-8-5-6-12-10(11)9(7)8/h7-11H,2-6H2,1H3. The van der Waals surface area contributed by atoms with Gasteiger partial charge in [-0.25, -0.2) is 0 Å². The lowest BCUT2D eigenvalue weighted by Gasteiger charge is -2.42. The first-order valence-electron chi connectivity index (χ1n) is 5.08. The number of fused-ring (bicyclic) bond motifs is 1. The van der Waals surface area contributed by atoms with Crippen LogP contribution in [0.25, 0.3) is 0 Å². The minimum absolute atomic E-state index is 0.424. The highest BCUT2D eigenvalue weighted by molar-refractivity contribution is 4.84. The van der Waals surface area contributed by atoms with Gasteiger partial charge >= 0.3 is 0 Å². The number of aliphatic hydroxyl groups is 1. The lowest BCUT2D eigenvalue weighted by molar-refractivity contribution is -0.197. The molecule has 0 aromatic heterocycles. The second kappa shape index (κ2) is 3.35. The fraction of sp³-hybridized carbons (Fsp3) is 1.00. The van der Waals surface area contributed by atoms with Gasteiger partial charge in [-0.2, -0.15) is 0 Å². The molecule has 1 saturated heterocycles. The maximum absolute atomic E-state index is 9.65. The van der Waals surface area contributed by atoms with E-state index in [0.29, 0.717) is 11.8 Å². The summed E-state index contributed by atoms with van der Waals surface area (Å²) < 4.78 is 5.27. The largest absolute Gasteiger partial charge is 0.368 e. The minimum Gasteiger partial charge on any atom is -0.368 e. The summed E-state index contributed by atoms with van der Waals surface area (Å²) in [5.74, 6) is 1.81. The number of rotatable bonds is 0. The van der Waals surface area contributed by atoms with Gasteiger partial charge in [0, 0.05) is 5.92 Å². The molecule has 1 N–H and O–H groups in total. The van der Waals surface area contributed by atoms with E-state index >= 15 is 0 Å². The van der Waals surface area contributed by atoms with Crippen molar-refractivity contribution in [2.45, 2.75) is 38.9 Å². The number of hydrogen-bond acceptors (Lipinski definition) is 2. The Morgan fingerprint density at radius 1 is 1.25 bits per heavy atom. The maximum atomic E-state index is 9.65. The van der Waals surface area contributed by atoms with Crippen LogP contribution in [0, 0.1) is 17.8 Å². The van der Waals surface area contributed by atoms with Gasteiger partial charge in [-0.05, 0) is 24.7 Å². The van der Waals surface area contributed by atoms with Gasteiger partial charge in [0.15, 0.2) is 6.29 Å². The zero-order valence-corrected chi connectivity index (χ0v) is 7.70. The van der Waals surface area contributed by atoms with E-state index in [-0.39, 0.29) is 0 Å². The zero-order chi connectivity index (χ0) is 8.55. The third kappa shape index (κ3) is 1.38. The highest BCUT2D eigenvalue weighted by Gasteiger charge is 2.38. The molecular weight excluding hydrogens is 152 g/mol. The van der Waals surface area contributed by atoms with Gasteiger partial charge < -0.3 is 9.84 Å². The summed E-state index contributed by atoms with van der Waals surface area (Å²) in [4.78, 5) is 0. The lowest BCUT2D eigenvalue weighted by atomic mass is 9.70. The van der Waals surface area contributed by atoms with Gasteiger partial charge in [-0.3, -0.25) is 0 Å². The molecule has 2 fully saturated rings. The van der Waals surface area contributed by atoms with Crippen molar-refractivity contribution in [2.24, 2.45) is 17.8 Å². The van der Waals surface area contributed by atoms with Crippen molar-refractivity contribution in [3.8, 4) is 0 Å². The number of aliphatic hydroxyl groups excluding tert-OH is 1. The molecule has 0 amide bonds. The smallest absolute Gasteiger partial charge is 0.157 e. The molecule has 0 spiro atoms. The number of ether oxygens (including phenoxy) is 1. The second-order valence-corrected chi connectivity index (χ2v) is 4.30. The molecule has 0 aromatic carbocycles. The fourth-order valence-corrected chi connectivity index (χ4v) is 2.85. The average Bonchev–Trinajstić information content (AvgIpc) is 2.04. The predicted octanol–water partition coefficient (Wildman–Crippen LogP) is 1.78. The predicted molar refractivity (Wildman–Crippen MR) is 46.6 cm³/mol. The molecule has 0 radical (unpaired) electrons. The molecule has 1 heterocycles. The van der Waals surface area contributed by atoms with E-state index < -0.39 is 6.29 Å². The van der Waals surface area contributed by atoms with E-state index in [0.717, 1.165) is 18.9 Å². The highest BCUT2D eigenvalue weighted by atomic mass is 16.6. The molecule has 70 valence electrons. The summed E-state index contributed by atoms with van der Waals surface area (Å²) >= 11 is 0. The van der Waals surface area contributed by atoms with Crippen LogP contribution in [0.15, 0.2) is 0 Å². The summed E-state index contributed by atoms with van der Waals surface area (Å²) in [6.07, 6.45) is 4.59. The minimum atomic E-state index is -0.473. The third-order valence-electron chi connectivity index (χ3n) is 3.54. The molecule has 1 saturated carbocycles. The summed E-state index contributed by atoms with van der Waals surface area (Å²) in [5, 5.41) is 9.65. The average molecular weight is 170 g/mol. The van der Waals surface area contributed by atoms with Gasteiger partial charge in [0.1, 0.15) is 0 Å². The van der Waals surface area contributed by atoms with E-state index in [4.69, 9.17) is 4.74 Å². The monoisotopic (exact) mass is 170 g/mol. The first kappa shape index (κ1) is 8.52. The molecular formula is C10H18O2. The van der Waals surface area contributed by atoms with Gasteiger partial charge in [0.25, 0.3) is 0 Å². The Bertz CT molecular complexity index is 142. The molecule has 1 aliphatic heterocycles. The van der Waals surface area contributed by atoms with Crippen molar-refractivity contribution in [3.63, 3.8) is 0 Å². The van der Waals surface area contributed by atoms with Crippen molar-refractivity contribution in [1.29, 1.82) is 0 Å². The van der Waals surface area contributed by atoms with Crippen LogP contribution in [0.3, 0.4) is 0 Å². The Hall–Kier alpha value is -0.0800. The third-order valence-corrected chi connectivity index (χ3v) is 3.54. The van der Waals surface area contributed by atoms with Crippen LogP contribution >= 0.6 is 0 Å². The Balaban J connectivity index is 2.07. The molecule has 1 aliphatic carbocycles. The van der Waals surface area contributed by atoms with Crippen molar-refractivity contribution < 1.29 is 9.84 Å². The van der Waals surface area contributed by atoms with E-state index in [9.17, 15) is 5.11 Å². The van der Waals surface area contributed by atoms with Gasteiger partial charge in [0.05, 0.1) is 6.61 Å². The van der Waals surface area contributed by atoms with Crippen LogP contribution < -0.4 is 0 Å². The zero-order valence-electron chi connectivity index (χ0n) is 7.70. The second-order valence-electron chi connectivity index (χ2n) is 4.30. The highest BCUT2D eigenvalue weighted by Crippen LogP contribution is 2.41. The molecule has 2 nitrogen and oxygen atoms in total. The Morgan fingerprint density at radius 2 is 2.08 bits per heavy atom. The maximum Gasteiger partial charge on any atom is 0.157 e. The van der Waals surface area contributed by atoms with Crippen LogP contribution in [0.1, 0.15) is 32.6 Å². The Morgan fingerprint density at radius 3 is 2.83 bits per heavy atom. The van der Waals surface area contributed by atoms with Gasteiger partial charge in [0.2, 0.25) is 0 Å². The van der Waals surface area contributed by atoms with Gasteiger partial charge in [-0.1, -0.05) is 19.8 Å². The Labute approximate surface area is 73.9 Å². The normalized spacial score (nSPS) is 48.5. The van der Waals surface area contributed by atoms with Crippen LogP contribution in [-0.2, 0) is 4.74 Å². The quantitative estimate of drug-likeness (QED) is 0.600. The molecule has 12 heavy (non-hydrogen) atoms. The van der Waals surface area contributed by atoms with E-state index in [1.807, 2.05) is 0 Å². The summed E-state index contributed by atoms with van der Waals surface area (Å²) in [7, 11) is 0. The van der Waals surface area contributed by atoms with Crippen LogP contribution in [-0.4, -0.2) is 18.0 Å². The van der Waals surface area contributed by atoms with E-state index in [1.54, 1.807) is 0 Å².